The molecular weight excluding hydrogens is 247 g/mol. The summed E-state index contributed by atoms with van der Waals surface area (Å²) in [6.45, 7) is 0. The number of nitrogens with zero attached hydrogens (tertiary/aromatic N) is 1. The van der Waals surface area contributed by atoms with Crippen LogP contribution in [0.1, 0.15) is 5.56 Å². The van der Waals surface area contributed by atoms with Gasteiger partial charge in [-0.05, 0) is 11.6 Å². The Morgan fingerprint density at radius 3 is 2.78 bits per heavy atom. The number of alkyl halides is 3. The highest BCUT2D eigenvalue weighted by Gasteiger charge is 2.32. The van der Waals surface area contributed by atoms with E-state index in [0.717, 1.165) is 0 Å². The van der Waals surface area contributed by atoms with Crippen molar-refractivity contribution in [1.29, 1.82) is 0 Å². The van der Waals surface area contributed by atoms with Crippen LogP contribution in [0.3, 0.4) is 0 Å². The van der Waals surface area contributed by atoms with Gasteiger partial charge in [0.2, 0.25) is 12.1 Å². The molecule has 2 rings (SSSR count). The van der Waals surface area contributed by atoms with Crippen LogP contribution in [0.15, 0.2) is 29.6 Å². The van der Waals surface area contributed by atoms with E-state index >= 15 is 0 Å². The summed E-state index contributed by atoms with van der Waals surface area (Å²) in [6.07, 6.45) is -4.38. The lowest BCUT2D eigenvalue weighted by atomic mass is 9.97. The number of aromatic nitrogens is 1. The summed E-state index contributed by atoms with van der Waals surface area (Å²) in [4.78, 5) is 15.1. The van der Waals surface area contributed by atoms with Gasteiger partial charge >= 0.3 is 0 Å². The zero-order valence-corrected chi connectivity index (χ0v) is 9.16. The Balaban J connectivity index is 2.43. The average molecular weight is 257 g/mol. The highest BCUT2D eigenvalue weighted by molar-refractivity contribution is 5.95. The topological polar surface area (TPSA) is 68.0 Å². The zero-order chi connectivity index (χ0) is 13.3. The molecule has 1 amide bonds. The van der Waals surface area contributed by atoms with Gasteiger partial charge in [-0.2, -0.15) is 0 Å². The molecule has 1 aliphatic heterocycles. The van der Waals surface area contributed by atoms with Crippen LogP contribution in [-0.4, -0.2) is 23.5 Å². The molecule has 1 aromatic heterocycles. The number of hydrogen-bond acceptors (Lipinski definition) is 3. The summed E-state index contributed by atoms with van der Waals surface area (Å²) in [5, 5.41) is 2.42. The number of fused-ring (bicyclic) bond motifs is 1. The lowest BCUT2D eigenvalue weighted by Gasteiger charge is -2.24. The standard InChI is InChI=1S/C11H10F3N3O/c12-7(9(13)14)8-6(10(15)18)4-5-2-1-3-16-11(5)17-8/h1-3,7,9H,4H2,(H2,15,18)(H,16,17). The van der Waals surface area contributed by atoms with Gasteiger partial charge in [0.15, 0.2) is 0 Å². The van der Waals surface area contributed by atoms with Crippen molar-refractivity contribution < 1.29 is 18.0 Å². The summed E-state index contributed by atoms with van der Waals surface area (Å²) in [5.74, 6) is -0.656. The van der Waals surface area contributed by atoms with Crippen molar-refractivity contribution in [2.75, 3.05) is 5.32 Å². The Labute approximate surface area is 101 Å². The highest BCUT2D eigenvalue weighted by Crippen LogP contribution is 2.29. The van der Waals surface area contributed by atoms with Crippen LogP contribution in [0, 0.1) is 0 Å². The van der Waals surface area contributed by atoms with E-state index in [1.807, 2.05) is 0 Å². The van der Waals surface area contributed by atoms with Gasteiger partial charge in [0.25, 0.3) is 6.43 Å². The van der Waals surface area contributed by atoms with E-state index in [2.05, 4.69) is 10.3 Å². The maximum Gasteiger partial charge on any atom is 0.274 e. The number of hydrogen-bond donors (Lipinski definition) is 2. The van der Waals surface area contributed by atoms with Gasteiger partial charge in [-0.1, -0.05) is 6.07 Å². The summed E-state index contributed by atoms with van der Waals surface area (Å²) in [7, 11) is 0. The molecule has 4 nitrogen and oxygen atoms in total. The lowest BCUT2D eigenvalue weighted by molar-refractivity contribution is -0.114. The molecule has 0 fully saturated rings. The number of pyridine rings is 1. The van der Waals surface area contributed by atoms with Gasteiger partial charge in [0.05, 0.1) is 5.70 Å². The summed E-state index contributed by atoms with van der Waals surface area (Å²) >= 11 is 0. The number of carbonyl (C=O) groups is 1. The second-order valence-electron chi connectivity index (χ2n) is 3.81. The average Bonchev–Trinajstić information content (AvgIpc) is 2.36. The molecule has 1 aromatic rings. The minimum atomic E-state index is -3.23. The van der Waals surface area contributed by atoms with Crippen molar-refractivity contribution in [3.63, 3.8) is 0 Å². The predicted octanol–water partition coefficient (Wildman–Crippen LogP) is 1.39. The molecule has 1 aliphatic rings. The molecule has 0 radical (unpaired) electrons. The molecule has 0 aliphatic carbocycles. The molecule has 0 spiro atoms. The fourth-order valence-corrected chi connectivity index (χ4v) is 1.76. The van der Waals surface area contributed by atoms with Crippen molar-refractivity contribution in [2.45, 2.75) is 19.0 Å². The van der Waals surface area contributed by atoms with Crippen LogP contribution in [0.5, 0.6) is 0 Å². The molecule has 96 valence electrons. The molecule has 0 aromatic carbocycles. The minimum absolute atomic E-state index is 0.00597. The molecule has 1 unspecified atom stereocenters. The van der Waals surface area contributed by atoms with E-state index < -0.39 is 24.2 Å². The first-order valence-electron chi connectivity index (χ1n) is 5.16. The second-order valence-corrected chi connectivity index (χ2v) is 3.81. The lowest BCUT2D eigenvalue weighted by Crippen LogP contribution is -2.31. The monoisotopic (exact) mass is 257 g/mol. The van der Waals surface area contributed by atoms with Gasteiger partial charge < -0.3 is 11.1 Å². The first-order chi connectivity index (χ1) is 8.50. The Kier molecular flexibility index (Phi) is 3.22. The first kappa shape index (κ1) is 12.4. The molecule has 3 N–H and O–H groups in total. The van der Waals surface area contributed by atoms with E-state index in [1.54, 1.807) is 12.1 Å². The van der Waals surface area contributed by atoms with Crippen LogP contribution in [0.4, 0.5) is 19.0 Å². The summed E-state index contributed by atoms with van der Waals surface area (Å²) in [6, 6.07) is 3.29. The third-order valence-electron chi connectivity index (χ3n) is 2.63. The van der Waals surface area contributed by atoms with Gasteiger partial charge in [0, 0.05) is 18.2 Å². The number of carbonyl (C=O) groups excluding carboxylic acids is 1. The fraction of sp³-hybridized carbons (Fsp3) is 0.273. The van der Waals surface area contributed by atoms with Crippen LogP contribution in [0.2, 0.25) is 0 Å². The fourth-order valence-electron chi connectivity index (χ4n) is 1.76. The number of amides is 1. The number of allylic oxidation sites excluding steroid dienone is 1. The van der Waals surface area contributed by atoms with Gasteiger partial charge in [-0.25, -0.2) is 18.2 Å². The Morgan fingerprint density at radius 2 is 2.17 bits per heavy atom. The Bertz CT molecular complexity index is 516. The third-order valence-corrected chi connectivity index (χ3v) is 2.63. The Morgan fingerprint density at radius 1 is 1.44 bits per heavy atom. The quantitative estimate of drug-likeness (QED) is 0.859. The predicted molar refractivity (Wildman–Crippen MR) is 58.7 cm³/mol. The number of anilines is 1. The molecule has 2 heterocycles. The third kappa shape index (κ3) is 2.15. The number of primary amides is 1. The number of nitrogens with two attached hydrogens (primary N) is 1. The highest BCUT2D eigenvalue weighted by atomic mass is 19.3. The molecule has 18 heavy (non-hydrogen) atoms. The van der Waals surface area contributed by atoms with Crippen molar-refractivity contribution in [3.8, 4) is 0 Å². The van der Waals surface area contributed by atoms with E-state index in [1.165, 1.54) is 6.20 Å². The van der Waals surface area contributed by atoms with Gasteiger partial charge in [-0.3, -0.25) is 4.79 Å². The van der Waals surface area contributed by atoms with Crippen LogP contribution in [0.25, 0.3) is 0 Å². The summed E-state index contributed by atoms with van der Waals surface area (Å²) in [5.41, 5.74) is 5.02. The zero-order valence-electron chi connectivity index (χ0n) is 9.16. The SMILES string of the molecule is NC(=O)C1=C(C(F)C(F)F)Nc2ncccc2C1. The molecule has 0 bridgehead atoms. The van der Waals surface area contributed by atoms with Gasteiger partial charge in [0.1, 0.15) is 5.82 Å². The smallest absolute Gasteiger partial charge is 0.274 e. The number of rotatable bonds is 3. The number of halogens is 3. The van der Waals surface area contributed by atoms with Crippen molar-refractivity contribution in [1.82, 2.24) is 4.98 Å². The molecule has 0 saturated carbocycles. The molecule has 7 heteroatoms. The van der Waals surface area contributed by atoms with E-state index in [-0.39, 0.29) is 17.8 Å². The van der Waals surface area contributed by atoms with Crippen LogP contribution in [-0.2, 0) is 11.2 Å². The van der Waals surface area contributed by atoms with Gasteiger partial charge in [-0.15, -0.1) is 0 Å². The van der Waals surface area contributed by atoms with Crippen molar-refractivity contribution in [3.05, 3.63) is 35.2 Å². The van der Waals surface area contributed by atoms with Crippen molar-refractivity contribution >= 4 is 11.7 Å². The molecular formula is C11H10F3N3O. The largest absolute Gasteiger partial charge is 0.366 e. The molecule has 1 atom stereocenters. The Hall–Kier alpha value is -2.05. The maximum absolute atomic E-state index is 13.4. The van der Waals surface area contributed by atoms with E-state index in [9.17, 15) is 18.0 Å². The van der Waals surface area contributed by atoms with Crippen LogP contribution < -0.4 is 11.1 Å². The number of nitrogens with one attached hydrogen (secondary N) is 1. The normalized spacial score (nSPS) is 16.2. The minimum Gasteiger partial charge on any atom is -0.366 e. The second kappa shape index (κ2) is 4.67. The maximum atomic E-state index is 13.4. The summed E-state index contributed by atoms with van der Waals surface area (Å²) < 4.78 is 38.2. The van der Waals surface area contributed by atoms with Crippen molar-refractivity contribution in [2.24, 2.45) is 5.73 Å². The first-order valence-corrected chi connectivity index (χ1v) is 5.16. The van der Waals surface area contributed by atoms with E-state index in [4.69, 9.17) is 5.73 Å². The molecule has 0 saturated heterocycles. The van der Waals surface area contributed by atoms with E-state index in [0.29, 0.717) is 5.56 Å². The van der Waals surface area contributed by atoms with Crippen LogP contribution >= 0.6 is 0 Å².